The van der Waals surface area contributed by atoms with Crippen molar-refractivity contribution in [3.05, 3.63) is 66.4 Å². The molecule has 0 atom stereocenters. The molecule has 3 aromatic rings. The lowest BCUT2D eigenvalue weighted by atomic mass is 10.2. The molecule has 134 valence electrons. The van der Waals surface area contributed by atoms with Gasteiger partial charge in [0.2, 0.25) is 0 Å². The molecule has 2 amide bonds. The second kappa shape index (κ2) is 7.22. The molecule has 0 saturated carbocycles. The van der Waals surface area contributed by atoms with E-state index < -0.39 is 0 Å². The van der Waals surface area contributed by atoms with E-state index in [2.05, 4.69) is 40.5 Å². The van der Waals surface area contributed by atoms with Crippen molar-refractivity contribution in [2.45, 2.75) is 6.54 Å². The first-order chi connectivity index (χ1) is 12.7. The predicted octanol–water partition coefficient (Wildman–Crippen LogP) is 3.53. The number of amides is 2. The van der Waals surface area contributed by atoms with Crippen LogP contribution in [-0.2, 0) is 13.6 Å². The Labute approximate surface area is 153 Å². The van der Waals surface area contributed by atoms with Crippen LogP contribution in [0.1, 0.15) is 5.56 Å². The van der Waals surface area contributed by atoms with E-state index in [1.54, 1.807) is 0 Å². The van der Waals surface area contributed by atoms with Crippen LogP contribution in [-0.4, -0.2) is 46.6 Å². The molecule has 5 heteroatoms. The summed E-state index contributed by atoms with van der Waals surface area (Å²) in [5, 5.41) is 4.16. The van der Waals surface area contributed by atoms with Crippen molar-refractivity contribution in [3.8, 4) is 0 Å². The van der Waals surface area contributed by atoms with Gasteiger partial charge >= 0.3 is 6.03 Å². The van der Waals surface area contributed by atoms with Gasteiger partial charge in [0.15, 0.2) is 0 Å². The third-order valence-corrected chi connectivity index (χ3v) is 5.05. The second-order valence-electron chi connectivity index (χ2n) is 6.85. The first-order valence-electron chi connectivity index (χ1n) is 9.07. The van der Waals surface area contributed by atoms with E-state index in [-0.39, 0.29) is 6.03 Å². The maximum Gasteiger partial charge on any atom is 0.321 e. The summed E-state index contributed by atoms with van der Waals surface area (Å²) >= 11 is 0. The number of piperazine rings is 1. The van der Waals surface area contributed by atoms with Crippen LogP contribution in [0.3, 0.4) is 0 Å². The third kappa shape index (κ3) is 3.44. The number of fused-ring (bicyclic) bond motifs is 1. The van der Waals surface area contributed by atoms with Gasteiger partial charge in [0.1, 0.15) is 0 Å². The lowest BCUT2D eigenvalue weighted by Gasteiger charge is -2.34. The highest BCUT2D eigenvalue weighted by molar-refractivity contribution is 6.01. The topological polar surface area (TPSA) is 40.5 Å². The zero-order chi connectivity index (χ0) is 17.9. The van der Waals surface area contributed by atoms with Gasteiger partial charge in [-0.3, -0.25) is 4.90 Å². The number of aromatic nitrogens is 1. The Bertz CT molecular complexity index is 895. The Hall–Kier alpha value is -2.79. The number of carbonyl (C=O) groups excluding carboxylic acids is 1. The van der Waals surface area contributed by atoms with Crippen LogP contribution in [0.2, 0.25) is 0 Å². The van der Waals surface area contributed by atoms with Gasteiger partial charge in [-0.2, -0.15) is 0 Å². The second-order valence-corrected chi connectivity index (χ2v) is 6.85. The van der Waals surface area contributed by atoms with Gasteiger partial charge in [-0.25, -0.2) is 4.79 Å². The molecule has 1 fully saturated rings. The minimum Gasteiger partial charge on any atom is -0.348 e. The van der Waals surface area contributed by atoms with Crippen LogP contribution < -0.4 is 5.32 Å². The van der Waals surface area contributed by atoms with Gasteiger partial charge in [-0.15, -0.1) is 0 Å². The van der Waals surface area contributed by atoms with Crippen molar-refractivity contribution in [1.29, 1.82) is 0 Å². The predicted molar refractivity (Wildman–Crippen MR) is 105 cm³/mol. The minimum atomic E-state index is -0.0132. The molecule has 1 aliphatic heterocycles. The summed E-state index contributed by atoms with van der Waals surface area (Å²) in [6.45, 7) is 4.25. The Morgan fingerprint density at radius 3 is 2.42 bits per heavy atom. The average molecular weight is 348 g/mol. The number of nitrogens with one attached hydrogen (secondary N) is 1. The SMILES string of the molecule is Cn1cc(NC(=O)N2CCN(Cc3ccccc3)CC2)c2ccccc21. The fourth-order valence-electron chi connectivity index (χ4n) is 3.59. The summed E-state index contributed by atoms with van der Waals surface area (Å²) in [5.74, 6) is 0. The van der Waals surface area contributed by atoms with Crippen LogP contribution in [0.25, 0.3) is 10.9 Å². The average Bonchev–Trinajstić information content (AvgIpc) is 2.99. The van der Waals surface area contributed by atoms with Crippen molar-refractivity contribution >= 4 is 22.6 Å². The highest BCUT2D eigenvalue weighted by atomic mass is 16.2. The van der Waals surface area contributed by atoms with E-state index >= 15 is 0 Å². The number of rotatable bonds is 3. The lowest BCUT2D eigenvalue weighted by molar-refractivity contribution is 0.143. The van der Waals surface area contributed by atoms with Crippen molar-refractivity contribution in [2.75, 3.05) is 31.5 Å². The maximum atomic E-state index is 12.7. The summed E-state index contributed by atoms with van der Waals surface area (Å²) in [4.78, 5) is 17.0. The number of carbonyl (C=O) groups is 1. The molecule has 0 radical (unpaired) electrons. The van der Waals surface area contributed by atoms with Crippen LogP contribution in [0.4, 0.5) is 10.5 Å². The highest BCUT2D eigenvalue weighted by Crippen LogP contribution is 2.25. The van der Waals surface area contributed by atoms with E-state index in [1.807, 2.05) is 47.0 Å². The zero-order valence-electron chi connectivity index (χ0n) is 15.1. The smallest absolute Gasteiger partial charge is 0.321 e. The molecule has 0 aliphatic carbocycles. The summed E-state index contributed by atoms with van der Waals surface area (Å²) in [7, 11) is 2.00. The van der Waals surface area contributed by atoms with Crippen molar-refractivity contribution in [3.63, 3.8) is 0 Å². The van der Waals surface area contributed by atoms with Gasteiger partial charge < -0.3 is 14.8 Å². The van der Waals surface area contributed by atoms with Crippen molar-refractivity contribution in [2.24, 2.45) is 7.05 Å². The maximum absolute atomic E-state index is 12.7. The van der Waals surface area contributed by atoms with Gasteiger partial charge in [0, 0.05) is 56.9 Å². The monoisotopic (exact) mass is 348 g/mol. The normalized spacial score (nSPS) is 15.3. The lowest BCUT2D eigenvalue weighted by Crippen LogP contribution is -2.49. The molecule has 2 heterocycles. The van der Waals surface area contributed by atoms with Crippen LogP contribution in [0.5, 0.6) is 0 Å². The summed E-state index contributed by atoms with van der Waals surface area (Å²) in [5.41, 5.74) is 3.32. The van der Waals surface area contributed by atoms with Crippen molar-refractivity contribution < 1.29 is 4.79 Å². The van der Waals surface area contributed by atoms with Crippen LogP contribution >= 0.6 is 0 Å². The molecular formula is C21H24N4O. The van der Waals surface area contributed by atoms with Gasteiger partial charge in [-0.1, -0.05) is 48.5 Å². The number of anilines is 1. The highest BCUT2D eigenvalue weighted by Gasteiger charge is 2.22. The minimum absolute atomic E-state index is 0.0132. The molecule has 1 aliphatic rings. The third-order valence-electron chi connectivity index (χ3n) is 5.05. The number of urea groups is 1. The van der Waals surface area contributed by atoms with Gasteiger partial charge in [0.05, 0.1) is 5.69 Å². The van der Waals surface area contributed by atoms with Gasteiger partial charge in [0.25, 0.3) is 0 Å². The van der Waals surface area contributed by atoms with Gasteiger partial charge in [-0.05, 0) is 11.6 Å². The van der Waals surface area contributed by atoms with Crippen LogP contribution in [0.15, 0.2) is 60.8 Å². The molecule has 5 nitrogen and oxygen atoms in total. The fourth-order valence-corrected chi connectivity index (χ4v) is 3.59. The quantitative estimate of drug-likeness (QED) is 0.787. The molecule has 0 spiro atoms. The summed E-state index contributed by atoms with van der Waals surface area (Å²) in [6, 6.07) is 18.6. The molecule has 4 rings (SSSR count). The molecule has 26 heavy (non-hydrogen) atoms. The van der Waals surface area contributed by atoms with E-state index in [0.717, 1.165) is 49.3 Å². The van der Waals surface area contributed by atoms with E-state index in [9.17, 15) is 4.79 Å². The number of aryl methyl sites for hydroxylation is 1. The van der Waals surface area contributed by atoms with E-state index in [4.69, 9.17) is 0 Å². The first-order valence-corrected chi connectivity index (χ1v) is 9.07. The molecular weight excluding hydrogens is 324 g/mol. The number of para-hydroxylation sites is 1. The Morgan fingerprint density at radius 1 is 0.962 bits per heavy atom. The molecule has 0 unspecified atom stereocenters. The number of hydrogen-bond donors (Lipinski definition) is 1. The van der Waals surface area contributed by atoms with E-state index in [0.29, 0.717) is 0 Å². The largest absolute Gasteiger partial charge is 0.348 e. The molecule has 0 bridgehead atoms. The number of hydrogen-bond acceptors (Lipinski definition) is 2. The summed E-state index contributed by atoms with van der Waals surface area (Å²) in [6.07, 6.45) is 1.98. The molecule has 2 aromatic carbocycles. The Balaban J connectivity index is 1.36. The Morgan fingerprint density at radius 2 is 1.65 bits per heavy atom. The van der Waals surface area contributed by atoms with E-state index in [1.165, 1.54) is 5.56 Å². The first kappa shape index (κ1) is 16.7. The van der Waals surface area contributed by atoms with Crippen LogP contribution in [0, 0.1) is 0 Å². The molecule has 1 aromatic heterocycles. The fraction of sp³-hybridized carbons (Fsp3) is 0.286. The number of nitrogens with zero attached hydrogens (tertiary/aromatic N) is 3. The molecule has 1 saturated heterocycles. The number of benzene rings is 2. The standard InChI is InChI=1S/C21H24N4O/c1-23-16-19(18-9-5-6-10-20(18)23)22-21(26)25-13-11-24(12-14-25)15-17-7-3-2-4-8-17/h2-10,16H,11-15H2,1H3,(H,22,26). The zero-order valence-corrected chi connectivity index (χ0v) is 15.1. The molecule has 1 N–H and O–H groups in total. The van der Waals surface area contributed by atoms with Crippen molar-refractivity contribution in [1.82, 2.24) is 14.4 Å². The summed E-state index contributed by atoms with van der Waals surface area (Å²) < 4.78 is 2.04. The Kier molecular flexibility index (Phi) is 4.63.